The third kappa shape index (κ3) is 2.01. The predicted molar refractivity (Wildman–Crippen MR) is 40.6 cm³/mol. The molecule has 58 valence electrons. The fourth-order valence-corrected chi connectivity index (χ4v) is 1.50. The summed E-state index contributed by atoms with van der Waals surface area (Å²) in [6.07, 6.45) is 1.93. The van der Waals surface area contributed by atoms with Crippen LogP contribution in [0, 0.1) is 11.8 Å². The molecule has 0 aromatic heterocycles. The molecule has 2 nitrogen and oxygen atoms in total. The van der Waals surface area contributed by atoms with Crippen LogP contribution in [0.1, 0.15) is 26.7 Å². The highest BCUT2D eigenvalue weighted by molar-refractivity contribution is 5.78. The van der Waals surface area contributed by atoms with E-state index < -0.39 is 0 Å². The van der Waals surface area contributed by atoms with Gasteiger partial charge in [0, 0.05) is 13.0 Å². The molecule has 1 N–H and O–H groups in total. The summed E-state index contributed by atoms with van der Waals surface area (Å²) in [5, 5.41) is 2.84. The van der Waals surface area contributed by atoms with E-state index in [4.69, 9.17) is 0 Å². The van der Waals surface area contributed by atoms with Crippen molar-refractivity contribution >= 4 is 5.91 Å². The molecule has 1 rings (SSSR count). The highest BCUT2D eigenvalue weighted by Crippen LogP contribution is 2.17. The lowest BCUT2D eigenvalue weighted by Gasteiger charge is -2.08. The van der Waals surface area contributed by atoms with Crippen molar-refractivity contribution in [2.24, 2.45) is 11.8 Å². The minimum atomic E-state index is 0.227. The molecule has 10 heavy (non-hydrogen) atoms. The van der Waals surface area contributed by atoms with Crippen molar-refractivity contribution in [1.82, 2.24) is 5.32 Å². The lowest BCUT2D eigenvalue weighted by atomic mass is 9.97. The number of carbonyl (C=O) groups excluding carboxylic acids is 1. The number of amides is 1. The Bertz CT molecular complexity index is 131. The van der Waals surface area contributed by atoms with Crippen molar-refractivity contribution in [3.63, 3.8) is 0 Å². The normalized spacial score (nSPS) is 25.5. The zero-order chi connectivity index (χ0) is 7.56. The molecule has 2 heteroatoms. The van der Waals surface area contributed by atoms with Crippen LogP contribution in [0.15, 0.2) is 0 Å². The molecule has 0 unspecified atom stereocenters. The van der Waals surface area contributed by atoms with Gasteiger partial charge in [0.2, 0.25) is 5.91 Å². The molecule has 1 fully saturated rings. The molecule has 1 aliphatic rings. The highest BCUT2D eigenvalue weighted by Gasteiger charge is 2.21. The fourth-order valence-electron chi connectivity index (χ4n) is 1.50. The summed E-state index contributed by atoms with van der Waals surface area (Å²) in [6.45, 7) is 5.29. The fraction of sp³-hybridized carbons (Fsp3) is 0.875. The van der Waals surface area contributed by atoms with Crippen LogP contribution in [0.5, 0.6) is 0 Å². The summed E-state index contributed by atoms with van der Waals surface area (Å²) in [6, 6.07) is 0. The van der Waals surface area contributed by atoms with Crippen LogP contribution >= 0.6 is 0 Å². The van der Waals surface area contributed by atoms with Crippen LogP contribution in [-0.4, -0.2) is 12.5 Å². The molecular formula is C8H15NO. The standard InChI is InChI=1S/C8H15NO/c1-6(2)3-7-4-8(10)9-5-7/h6-7H,3-5H2,1-2H3,(H,9,10)/t7-/m1/s1. The van der Waals surface area contributed by atoms with Crippen molar-refractivity contribution < 1.29 is 4.79 Å². The van der Waals surface area contributed by atoms with Crippen LogP contribution in [0.2, 0.25) is 0 Å². The third-order valence-electron chi connectivity index (χ3n) is 1.87. The molecule has 1 atom stereocenters. The Morgan fingerprint density at radius 1 is 1.70 bits per heavy atom. The van der Waals surface area contributed by atoms with E-state index in [0.717, 1.165) is 18.9 Å². The Morgan fingerprint density at radius 3 is 2.80 bits per heavy atom. The maximum absolute atomic E-state index is 10.7. The van der Waals surface area contributed by atoms with E-state index in [1.165, 1.54) is 6.42 Å². The molecular weight excluding hydrogens is 126 g/mol. The number of hydrogen-bond acceptors (Lipinski definition) is 1. The zero-order valence-electron chi connectivity index (χ0n) is 6.68. The van der Waals surface area contributed by atoms with E-state index in [0.29, 0.717) is 5.92 Å². The molecule has 1 aliphatic heterocycles. The lowest BCUT2D eigenvalue weighted by Crippen LogP contribution is -2.14. The van der Waals surface area contributed by atoms with Crippen molar-refractivity contribution in [3.05, 3.63) is 0 Å². The second-order valence-electron chi connectivity index (χ2n) is 3.50. The van der Waals surface area contributed by atoms with Gasteiger partial charge >= 0.3 is 0 Å². The molecule has 0 radical (unpaired) electrons. The highest BCUT2D eigenvalue weighted by atomic mass is 16.1. The van der Waals surface area contributed by atoms with E-state index in [-0.39, 0.29) is 5.91 Å². The minimum absolute atomic E-state index is 0.227. The average Bonchev–Trinajstić information content (AvgIpc) is 2.13. The average molecular weight is 141 g/mol. The summed E-state index contributed by atoms with van der Waals surface area (Å²) in [4.78, 5) is 10.7. The zero-order valence-corrected chi connectivity index (χ0v) is 6.68. The van der Waals surface area contributed by atoms with Gasteiger partial charge in [0.05, 0.1) is 0 Å². The molecule has 0 saturated carbocycles. The number of rotatable bonds is 2. The second-order valence-corrected chi connectivity index (χ2v) is 3.50. The summed E-state index contributed by atoms with van der Waals surface area (Å²) < 4.78 is 0. The van der Waals surface area contributed by atoms with Crippen LogP contribution in [0.4, 0.5) is 0 Å². The van der Waals surface area contributed by atoms with Gasteiger partial charge in [-0.3, -0.25) is 4.79 Å². The van der Waals surface area contributed by atoms with Crippen molar-refractivity contribution in [2.75, 3.05) is 6.54 Å². The van der Waals surface area contributed by atoms with Crippen LogP contribution in [-0.2, 0) is 4.79 Å². The monoisotopic (exact) mass is 141 g/mol. The summed E-state index contributed by atoms with van der Waals surface area (Å²) in [5.41, 5.74) is 0. The van der Waals surface area contributed by atoms with Crippen LogP contribution in [0.3, 0.4) is 0 Å². The van der Waals surface area contributed by atoms with Crippen molar-refractivity contribution in [1.29, 1.82) is 0 Å². The van der Waals surface area contributed by atoms with Gasteiger partial charge < -0.3 is 5.32 Å². The van der Waals surface area contributed by atoms with Gasteiger partial charge in [0.25, 0.3) is 0 Å². The Labute approximate surface area is 62.0 Å². The van der Waals surface area contributed by atoms with Gasteiger partial charge in [-0.2, -0.15) is 0 Å². The smallest absolute Gasteiger partial charge is 0.220 e. The SMILES string of the molecule is CC(C)C[C@H]1CNC(=O)C1. The molecule has 0 aromatic rings. The third-order valence-corrected chi connectivity index (χ3v) is 1.87. The molecule has 1 saturated heterocycles. The Hall–Kier alpha value is -0.530. The lowest BCUT2D eigenvalue weighted by molar-refractivity contribution is -0.119. The van der Waals surface area contributed by atoms with Crippen LogP contribution < -0.4 is 5.32 Å². The maximum atomic E-state index is 10.7. The summed E-state index contributed by atoms with van der Waals surface area (Å²) in [5.74, 6) is 1.55. The van der Waals surface area contributed by atoms with E-state index in [1.807, 2.05) is 0 Å². The van der Waals surface area contributed by atoms with E-state index >= 15 is 0 Å². The Balaban J connectivity index is 2.24. The van der Waals surface area contributed by atoms with Gasteiger partial charge in [0.15, 0.2) is 0 Å². The molecule has 1 heterocycles. The summed E-state index contributed by atoms with van der Waals surface area (Å²) in [7, 11) is 0. The molecule has 0 aromatic carbocycles. The molecule has 0 bridgehead atoms. The van der Waals surface area contributed by atoms with Crippen LogP contribution in [0.25, 0.3) is 0 Å². The first-order chi connectivity index (χ1) is 4.68. The van der Waals surface area contributed by atoms with Crippen molar-refractivity contribution in [3.8, 4) is 0 Å². The van der Waals surface area contributed by atoms with Gasteiger partial charge in [0.1, 0.15) is 0 Å². The second kappa shape index (κ2) is 3.04. The molecule has 1 amide bonds. The van der Waals surface area contributed by atoms with Gasteiger partial charge in [-0.25, -0.2) is 0 Å². The first-order valence-electron chi connectivity index (χ1n) is 3.95. The van der Waals surface area contributed by atoms with Crippen molar-refractivity contribution in [2.45, 2.75) is 26.7 Å². The molecule has 0 aliphatic carbocycles. The predicted octanol–water partition coefficient (Wildman–Crippen LogP) is 1.17. The largest absolute Gasteiger partial charge is 0.356 e. The van der Waals surface area contributed by atoms with E-state index in [1.54, 1.807) is 0 Å². The number of carbonyl (C=O) groups is 1. The maximum Gasteiger partial charge on any atom is 0.220 e. The van der Waals surface area contributed by atoms with E-state index in [9.17, 15) is 4.79 Å². The van der Waals surface area contributed by atoms with E-state index in [2.05, 4.69) is 19.2 Å². The summed E-state index contributed by atoms with van der Waals surface area (Å²) >= 11 is 0. The van der Waals surface area contributed by atoms with Gasteiger partial charge in [-0.05, 0) is 18.3 Å². The first-order valence-corrected chi connectivity index (χ1v) is 3.95. The minimum Gasteiger partial charge on any atom is -0.356 e. The number of nitrogens with one attached hydrogen (secondary N) is 1. The topological polar surface area (TPSA) is 29.1 Å². The van der Waals surface area contributed by atoms with Gasteiger partial charge in [-0.1, -0.05) is 13.8 Å². The first kappa shape index (κ1) is 7.58. The van der Waals surface area contributed by atoms with Gasteiger partial charge in [-0.15, -0.1) is 0 Å². The Morgan fingerprint density at radius 2 is 2.40 bits per heavy atom. The molecule has 0 spiro atoms. The quantitative estimate of drug-likeness (QED) is 0.614. The Kier molecular flexibility index (Phi) is 2.30. The number of hydrogen-bond donors (Lipinski definition) is 1.